The van der Waals surface area contributed by atoms with Gasteiger partial charge >= 0.3 is 0 Å². The molecule has 1 aliphatic rings. The molecule has 0 saturated heterocycles. The topological polar surface area (TPSA) is 57.6 Å². The summed E-state index contributed by atoms with van der Waals surface area (Å²) in [6.07, 6.45) is -0.335. The van der Waals surface area contributed by atoms with Gasteiger partial charge in [-0.05, 0) is 49.2 Å². The highest BCUT2D eigenvalue weighted by atomic mass is 79.9. The van der Waals surface area contributed by atoms with Gasteiger partial charge in [0.05, 0.1) is 18.7 Å². The van der Waals surface area contributed by atoms with Crippen LogP contribution in [0.15, 0.2) is 65.1 Å². The maximum atomic E-state index is 13.5. The maximum absolute atomic E-state index is 13.5. The van der Waals surface area contributed by atoms with Gasteiger partial charge < -0.3 is 10.0 Å². The van der Waals surface area contributed by atoms with E-state index in [9.17, 15) is 14.7 Å². The Morgan fingerprint density at radius 3 is 2.55 bits per heavy atom. The van der Waals surface area contributed by atoms with Crippen LogP contribution in [0.1, 0.15) is 39.0 Å². The van der Waals surface area contributed by atoms with Crippen LogP contribution in [0, 0.1) is 13.8 Å². The summed E-state index contributed by atoms with van der Waals surface area (Å²) >= 11 is 9.72. The average molecular weight is 499 g/mol. The van der Waals surface area contributed by atoms with Crippen LogP contribution in [0.2, 0.25) is 5.02 Å². The lowest BCUT2D eigenvalue weighted by atomic mass is 9.87. The van der Waals surface area contributed by atoms with Crippen molar-refractivity contribution in [2.45, 2.75) is 32.4 Å². The van der Waals surface area contributed by atoms with Crippen molar-refractivity contribution in [3.8, 4) is 0 Å². The number of benzene rings is 3. The van der Waals surface area contributed by atoms with Crippen LogP contribution in [0.3, 0.4) is 0 Å². The molecule has 158 valence electrons. The molecule has 1 heterocycles. The number of nitrogens with zero attached hydrogens (tertiary/aromatic N) is 1. The van der Waals surface area contributed by atoms with Gasteiger partial charge in [0, 0.05) is 20.6 Å². The van der Waals surface area contributed by atoms with Crippen LogP contribution in [0.4, 0.5) is 5.69 Å². The Hall–Kier alpha value is -2.47. The Morgan fingerprint density at radius 1 is 1.10 bits per heavy atom. The number of aliphatic hydroxyl groups is 1. The van der Waals surface area contributed by atoms with Gasteiger partial charge in [0.2, 0.25) is 0 Å². The Kier molecular flexibility index (Phi) is 5.77. The molecule has 4 nitrogen and oxygen atoms in total. The second-order valence-corrected chi connectivity index (χ2v) is 9.25. The minimum absolute atomic E-state index is 0.202. The first-order chi connectivity index (χ1) is 14.7. The molecule has 3 aromatic rings. The number of amides is 1. The van der Waals surface area contributed by atoms with Crippen molar-refractivity contribution in [3.05, 3.63) is 98.0 Å². The molecule has 3 aromatic carbocycles. The van der Waals surface area contributed by atoms with E-state index >= 15 is 0 Å². The van der Waals surface area contributed by atoms with Crippen molar-refractivity contribution in [1.29, 1.82) is 0 Å². The van der Waals surface area contributed by atoms with Gasteiger partial charge in [-0.15, -0.1) is 0 Å². The van der Waals surface area contributed by atoms with Crippen LogP contribution in [0.25, 0.3) is 0 Å². The third kappa shape index (κ3) is 3.93. The molecule has 0 fully saturated rings. The number of Topliss-reactive ketones (excluding diaryl/α,β-unsaturated/α-hetero) is 1. The van der Waals surface area contributed by atoms with Crippen molar-refractivity contribution in [2.24, 2.45) is 0 Å². The number of rotatable bonds is 5. The SMILES string of the molecule is Cc1ccc(C(=O)C[C@]2(O)C(=O)N(Cc3ccccc3Cl)c3ccc(Br)cc32)c(C)c1. The molecule has 0 aliphatic carbocycles. The third-order valence-electron chi connectivity index (χ3n) is 5.68. The van der Waals surface area contributed by atoms with Crippen LogP contribution in [-0.4, -0.2) is 16.8 Å². The summed E-state index contributed by atoms with van der Waals surface area (Å²) in [6, 6.07) is 18.1. The molecule has 0 spiro atoms. The van der Waals surface area contributed by atoms with Crippen molar-refractivity contribution in [2.75, 3.05) is 4.90 Å². The zero-order valence-electron chi connectivity index (χ0n) is 17.2. The number of hydrogen-bond donors (Lipinski definition) is 1. The predicted octanol–water partition coefficient (Wildman–Crippen LogP) is 5.73. The number of aryl methyl sites for hydroxylation is 2. The van der Waals surface area contributed by atoms with Crippen molar-refractivity contribution in [3.63, 3.8) is 0 Å². The molecule has 1 amide bonds. The number of carbonyl (C=O) groups excluding carboxylic acids is 2. The molecule has 0 aromatic heterocycles. The van der Waals surface area contributed by atoms with Crippen molar-refractivity contribution < 1.29 is 14.7 Å². The van der Waals surface area contributed by atoms with Crippen molar-refractivity contribution >= 4 is 44.9 Å². The molecule has 4 rings (SSSR count). The standard InChI is InChI=1S/C25H21BrClNO3/c1-15-7-9-19(16(2)11-15)23(29)13-25(31)20-12-18(26)8-10-22(20)28(24(25)30)14-17-5-3-4-6-21(17)27/h3-12,31H,13-14H2,1-2H3/t25-/m1/s1. The largest absolute Gasteiger partial charge is 0.375 e. The van der Waals surface area contributed by atoms with Crippen LogP contribution < -0.4 is 4.90 Å². The smallest absolute Gasteiger partial charge is 0.264 e. The van der Waals surface area contributed by atoms with Gasteiger partial charge in [-0.25, -0.2) is 0 Å². The molecular formula is C25H21BrClNO3. The quantitative estimate of drug-likeness (QED) is 0.457. The molecular weight excluding hydrogens is 478 g/mol. The Bertz CT molecular complexity index is 1210. The summed E-state index contributed by atoms with van der Waals surface area (Å²) in [6.45, 7) is 4.01. The van der Waals surface area contributed by atoms with E-state index in [1.54, 1.807) is 24.3 Å². The van der Waals surface area contributed by atoms with Gasteiger partial charge in [0.1, 0.15) is 0 Å². The lowest BCUT2D eigenvalue weighted by molar-refractivity contribution is -0.136. The summed E-state index contributed by atoms with van der Waals surface area (Å²) in [7, 11) is 0. The predicted molar refractivity (Wildman–Crippen MR) is 126 cm³/mol. The highest BCUT2D eigenvalue weighted by Crippen LogP contribution is 2.45. The highest BCUT2D eigenvalue weighted by Gasteiger charge is 2.51. The van der Waals surface area contributed by atoms with Crippen LogP contribution >= 0.6 is 27.5 Å². The number of ketones is 1. The fourth-order valence-corrected chi connectivity index (χ4v) is 4.66. The lowest BCUT2D eigenvalue weighted by Gasteiger charge is -2.23. The first-order valence-corrected chi connectivity index (χ1v) is 11.1. The molecule has 0 saturated carbocycles. The number of anilines is 1. The van der Waals surface area contributed by atoms with E-state index in [0.717, 1.165) is 21.2 Å². The number of hydrogen-bond acceptors (Lipinski definition) is 3. The van der Waals surface area contributed by atoms with Gasteiger partial charge in [-0.3, -0.25) is 9.59 Å². The molecule has 6 heteroatoms. The Labute approximate surface area is 194 Å². The molecule has 31 heavy (non-hydrogen) atoms. The summed E-state index contributed by atoms with van der Waals surface area (Å²) < 4.78 is 0.719. The average Bonchev–Trinajstić information content (AvgIpc) is 2.91. The van der Waals surface area contributed by atoms with E-state index in [1.807, 2.05) is 50.2 Å². The van der Waals surface area contributed by atoms with Crippen molar-refractivity contribution in [1.82, 2.24) is 0 Å². The lowest BCUT2D eigenvalue weighted by Crippen LogP contribution is -2.41. The fraction of sp³-hybridized carbons (Fsp3) is 0.200. The van der Waals surface area contributed by atoms with E-state index in [1.165, 1.54) is 4.90 Å². The number of carbonyl (C=O) groups is 2. The number of fused-ring (bicyclic) bond motifs is 1. The Morgan fingerprint density at radius 2 is 1.84 bits per heavy atom. The zero-order valence-corrected chi connectivity index (χ0v) is 19.5. The van der Waals surface area contributed by atoms with Gasteiger partial charge in [-0.2, -0.15) is 0 Å². The first kappa shape index (κ1) is 21.8. The normalized spacial score (nSPS) is 17.7. The van der Waals surface area contributed by atoms with Gasteiger partial charge in [0.15, 0.2) is 11.4 Å². The molecule has 1 aliphatic heterocycles. The second kappa shape index (κ2) is 8.23. The van der Waals surface area contributed by atoms with E-state index in [4.69, 9.17) is 11.6 Å². The van der Waals surface area contributed by atoms with E-state index in [-0.39, 0.29) is 18.7 Å². The molecule has 0 bridgehead atoms. The molecule has 1 N–H and O–H groups in total. The maximum Gasteiger partial charge on any atom is 0.264 e. The second-order valence-electron chi connectivity index (χ2n) is 7.92. The highest BCUT2D eigenvalue weighted by molar-refractivity contribution is 9.10. The van der Waals surface area contributed by atoms with Crippen LogP contribution in [-0.2, 0) is 16.9 Å². The van der Waals surface area contributed by atoms with Gasteiger partial charge in [-0.1, -0.05) is 69.5 Å². The first-order valence-electron chi connectivity index (χ1n) is 9.89. The zero-order chi connectivity index (χ0) is 22.3. The number of halogens is 2. The monoisotopic (exact) mass is 497 g/mol. The molecule has 0 radical (unpaired) electrons. The minimum Gasteiger partial charge on any atom is -0.375 e. The summed E-state index contributed by atoms with van der Waals surface area (Å²) in [5, 5.41) is 12.1. The molecule has 0 unspecified atom stereocenters. The van der Waals surface area contributed by atoms with E-state index < -0.39 is 11.5 Å². The summed E-state index contributed by atoms with van der Waals surface area (Å²) in [5.41, 5.74) is 2.17. The fourth-order valence-electron chi connectivity index (χ4n) is 4.10. The van der Waals surface area contributed by atoms with E-state index in [2.05, 4.69) is 15.9 Å². The van der Waals surface area contributed by atoms with Crippen LogP contribution in [0.5, 0.6) is 0 Å². The van der Waals surface area contributed by atoms with E-state index in [0.29, 0.717) is 21.8 Å². The Balaban J connectivity index is 1.73. The summed E-state index contributed by atoms with van der Waals surface area (Å²) in [4.78, 5) is 28.1. The van der Waals surface area contributed by atoms with Gasteiger partial charge in [0.25, 0.3) is 5.91 Å². The third-order valence-corrected chi connectivity index (χ3v) is 6.54. The summed E-state index contributed by atoms with van der Waals surface area (Å²) in [5.74, 6) is -0.808. The minimum atomic E-state index is -1.95. The molecule has 1 atom stereocenters.